The molecule has 0 heterocycles. The first-order valence-corrected chi connectivity index (χ1v) is 5.73. The Hall–Kier alpha value is -1.50. The van der Waals surface area contributed by atoms with Gasteiger partial charge in [0.05, 0.1) is 20.3 Å². The molecule has 0 fully saturated rings. The summed E-state index contributed by atoms with van der Waals surface area (Å²) in [5.41, 5.74) is 5.97. The van der Waals surface area contributed by atoms with Crippen LogP contribution in [-0.4, -0.2) is 39.4 Å². The summed E-state index contributed by atoms with van der Waals surface area (Å²) < 4.78 is 10.2. The summed E-state index contributed by atoms with van der Waals surface area (Å²) in [5.74, 6) is 0.746. The van der Waals surface area contributed by atoms with Crippen LogP contribution in [0, 0.1) is 0 Å². The van der Waals surface area contributed by atoms with E-state index in [9.17, 15) is 4.79 Å². The first-order chi connectivity index (χ1) is 8.76. The molecule has 0 aliphatic carbocycles. The predicted octanol–water partition coefficient (Wildman–Crippen LogP) is 1.21. The number of methoxy groups -OCH3 is 1. The Kier molecular flexibility index (Phi) is 9.60. The van der Waals surface area contributed by atoms with Crippen LogP contribution in [-0.2, 0) is 4.74 Å². The Morgan fingerprint density at radius 3 is 2.53 bits per heavy atom. The number of halogens is 1. The van der Waals surface area contributed by atoms with E-state index in [0.29, 0.717) is 32.0 Å². The highest BCUT2D eigenvalue weighted by molar-refractivity contribution is 5.89. The van der Waals surface area contributed by atoms with Crippen LogP contribution in [0.15, 0.2) is 24.3 Å². The normalized spacial score (nSPS) is 9.37. The number of hydrogen-bond acceptors (Lipinski definition) is 4. The van der Waals surface area contributed by atoms with E-state index in [1.165, 1.54) is 0 Å². The first kappa shape index (κ1) is 17.5. The lowest BCUT2D eigenvalue weighted by Crippen LogP contribution is -2.31. The van der Waals surface area contributed by atoms with Gasteiger partial charge in [-0.15, -0.1) is 12.4 Å². The highest BCUT2D eigenvalue weighted by Crippen LogP contribution is 2.14. The van der Waals surface area contributed by atoms with Crippen molar-refractivity contribution >= 4 is 24.1 Å². The van der Waals surface area contributed by atoms with Gasteiger partial charge >= 0.3 is 6.03 Å². The van der Waals surface area contributed by atoms with Crippen molar-refractivity contribution in [2.24, 2.45) is 5.73 Å². The van der Waals surface area contributed by atoms with E-state index in [1.807, 2.05) is 0 Å². The molecule has 4 N–H and O–H groups in total. The van der Waals surface area contributed by atoms with Crippen LogP contribution in [0.25, 0.3) is 0 Å². The molecule has 0 saturated heterocycles. The van der Waals surface area contributed by atoms with E-state index in [0.717, 1.165) is 5.75 Å². The minimum atomic E-state index is -0.267. The van der Waals surface area contributed by atoms with Gasteiger partial charge in [0.25, 0.3) is 0 Å². The molecule has 0 aliphatic heterocycles. The predicted molar refractivity (Wildman–Crippen MR) is 77.1 cm³/mol. The van der Waals surface area contributed by atoms with Gasteiger partial charge < -0.3 is 25.8 Å². The van der Waals surface area contributed by atoms with Crippen molar-refractivity contribution in [1.29, 1.82) is 0 Å². The summed E-state index contributed by atoms with van der Waals surface area (Å²) >= 11 is 0. The van der Waals surface area contributed by atoms with E-state index in [-0.39, 0.29) is 18.4 Å². The Balaban J connectivity index is 0.00000324. The largest absolute Gasteiger partial charge is 0.497 e. The zero-order valence-electron chi connectivity index (χ0n) is 10.8. The van der Waals surface area contributed by atoms with Gasteiger partial charge in [0.15, 0.2) is 0 Å². The summed E-state index contributed by atoms with van der Waals surface area (Å²) in [5, 5.41) is 5.37. The molecule has 0 saturated carbocycles. The summed E-state index contributed by atoms with van der Waals surface area (Å²) in [4.78, 5) is 11.5. The molecule has 0 aliphatic rings. The number of carbonyl (C=O) groups is 1. The fourth-order valence-corrected chi connectivity index (χ4v) is 1.27. The number of urea groups is 1. The van der Waals surface area contributed by atoms with E-state index in [1.54, 1.807) is 31.4 Å². The van der Waals surface area contributed by atoms with Crippen LogP contribution < -0.4 is 21.1 Å². The minimum absolute atomic E-state index is 0. The maximum Gasteiger partial charge on any atom is 0.319 e. The molecule has 0 unspecified atom stereocenters. The SMILES string of the molecule is COc1ccc(NC(=O)NCCOCCN)cc1.Cl. The summed E-state index contributed by atoms with van der Waals surface area (Å²) in [7, 11) is 1.59. The molecule has 1 aromatic rings. The Morgan fingerprint density at radius 2 is 1.95 bits per heavy atom. The van der Waals surface area contributed by atoms with Crippen LogP contribution in [0.4, 0.5) is 10.5 Å². The molecule has 0 spiro atoms. The maximum atomic E-state index is 11.5. The zero-order chi connectivity index (χ0) is 13.2. The van der Waals surface area contributed by atoms with E-state index in [4.69, 9.17) is 15.2 Å². The van der Waals surface area contributed by atoms with E-state index >= 15 is 0 Å². The highest BCUT2D eigenvalue weighted by Gasteiger charge is 2.00. The number of amides is 2. The number of anilines is 1. The molecular formula is C12H20ClN3O3. The molecule has 0 bridgehead atoms. The molecule has 1 rings (SSSR count). The average Bonchev–Trinajstić information content (AvgIpc) is 2.39. The molecular weight excluding hydrogens is 270 g/mol. The Bertz CT molecular complexity index is 360. The van der Waals surface area contributed by atoms with Crippen LogP contribution >= 0.6 is 12.4 Å². The van der Waals surface area contributed by atoms with Gasteiger partial charge in [-0.1, -0.05) is 0 Å². The Morgan fingerprint density at radius 1 is 1.26 bits per heavy atom. The molecule has 108 valence electrons. The summed E-state index contributed by atoms with van der Waals surface area (Å²) in [6, 6.07) is 6.82. The van der Waals surface area contributed by atoms with Gasteiger partial charge in [-0.2, -0.15) is 0 Å². The van der Waals surface area contributed by atoms with Crippen LogP contribution in [0.5, 0.6) is 5.75 Å². The smallest absolute Gasteiger partial charge is 0.319 e. The van der Waals surface area contributed by atoms with Crippen molar-refractivity contribution in [2.75, 3.05) is 38.7 Å². The summed E-state index contributed by atoms with van der Waals surface area (Å²) in [6.07, 6.45) is 0. The number of nitrogens with two attached hydrogens (primary N) is 1. The van der Waals surface area contributed by atoms with Crippen LogP contribution in [0.1, 0.15) is 0 Å². The first-order valence-electron chi connectivity index (χ1n) is 5.73. The van der Waals surface area contributed by atoms with Crippen molar-refractivity contribution in [3.05, 3.63) is 24.3 Å². The zero-order valence-corrected chi connectivity index (χ0v) is 11.7. The molecule has 19 heavy (non-hydrogen) atoms. The molecule has 7 heteroatoms. The number of hydrogen-bond donors (Lipinski definition) is 3. The second-order valence-corrected chi connectivity index (χ2v) is 3.51. The number of carbonyl (C=O) groups excluding carboxylic acids is 1. The lowest BCUT2D eigenvalue weighted by atomic mass is 10.3. The molecule has 2 amide bonds. The van der Waals surface area contributed by atoms with Gasteiger partial charge in [0, 0.05) is 18.8 Å². The van der Waals surface area contributed by atoms with Crippen molar-refractivity contribution < 1.29 is 14.3 Å². The lowest BCUT2D eigenvalue weighted by Gasteiger charge is -2.08. The molecule has 0 radical (unpaired) electrons. The molecule has 1 aromatic carbocycles. The third-order valence-corrected chi connectivity index (χ3v) is 2.14. The van der Waals surface area contributed by atoms with E-state index in [2.05, 4.69) is 10.6 Å². The number of nitrogens with one attached hydrogen (secondary N) is 2. The van der Waals surface area contributed by atoms with Crippen molar-refractivity contribution in [2.45, 2.75) is 0 Å². The van der Waals surface area contributed by atoms with Gasteiger partial charge in [0.1, 0.15) is 5.75 Å². The van der Waals surface area contributed by atoms with Gasteiger partial charge in [-0.05, 0) is 24.3 Å². The van der Waals surface area contributed by atoms with E-state index < -0.39 is 0 Å². The fraction of sp³-hybridized carbons (Fsp3) is 0.417. The molecule has 6 nitrogen and oxygen atoms in total. The number of ether oxygens (including phenoxy) is 2. The summed E-state index contributed by atoms with van der Waals surface area (Å²) in [6.45, 7) is 1.88. The maximum absolute atomic E-state index is 11.5. The third kappa shape index (κ3) is 7.50. The fourth-order valence-electron chi connectivity index (χ4n) is 1.27. The quantitative estimate of drug-likeness (QED) is 0.659. The second kappa shape index (κ2) is 10.4. The van der Waals surface area contributed by atoms with Crippen LogP contribution in [0.3, 0.4) is 0 Å². The van der Waals surface area contributed by atoms with Gasteiger partial charge in [-0.25, -0.2) is 4.79 Å². The minimum Gasteiger partial charge on any atom is -0.497 e. The third-order valence-electron chi connectivity index (χ3n) is 2.14. The monoisotopic (exact) mass is 289 g/mol. The highest BCUT2D eigenvalue weighted by atomic mass is 35.5. The molecule has 0 atom stereocenters. The lowest BCUT2D eigenvalue weighted by molar-refractivity contribution is 0.144. The standard InChI is InChI=1S/C12H19N3O3.ClH/c1-17-11-4-2-10(3-5-11)15-12(16)14-7-9-18-8-6-13;/h2-5H,6-9,13H2,1H3,(H2,14,15,16);1H. The topological polar surface area (TPSA) is 85.6 Å². The van der Waals surface area contributed by atoms with Gasteiger partial charge in [-0.3, -0.25) is 0 Å². The average molecular weight is 290 g/mol. The molecule has 0 aromatic heterocycles. The van der Waals surface area contributed by atoms with Crippen molar-refractivity contribution in [3.63, 3.8) is 0 Å². The van der Waals surface area contributed by atoms with Gasteiger partial charge in [0.2, 0.25) is 0 Å². The van der Waals surface area contributed by atoms with Crippen molar-refractivity contribution in [1.82, 2.24) is 5.32 Å². The van der Waals surface area contributed by atoms with Crippen LogP contribution in [0.2, 0.25) is 0 Å². The second-order valence-electron chi connectivity index (χ2n) is 3.51. The number of rotatable bonds is 7. The number of benzene rings is 1. The van der Waals surface area contributed by atoms with Crippen molar-refractivity contribution in [3.8, 4) is 5.75 Å². The Labute approximate surface area is 119 Å².